The van der Waals surface area contributed by atoms with Gasteiger partial charge >= 0.3 is 0 Å². The molecule has 19 heavy (non-hydrogen) atoms. The molecule has 1 unspecified atom stereocenters. The summed E-state index contributed by atoms with van der Waals surface area (Å²) < 4.78 is 10.7. The van der Waals surface area contributed by atoms with Gasteiger partial charge in [-0.1, -0.05) is 12.1 Å². The third-order valence-electron chi connectivity index (χ3n) is 3.35. The van der Waals surface area contributed by atoms with E-state index in [0.717, 1.165) is 28.2 Å². The van der Waals surface area contributed by atoms with Crippen LogP contribution in [-0.2, 0) is 16.6 Å². The number of hydrogen-bond acceptors (Lipinski definition) is 4. The van der Waals surface area contributed by atoms with Crippen LogP contribution in [-0.4, -0.2) is 13.1 Å². The first-order valence-electron chi connectivity index (χ1n) is 6.10. The highest BCUT2D eigenvalue weighted by atomic mass is 32.1. The van der Waals surface area contributed by atoms with Crippen molar-refractivity contribution in [2.75, 3.05) is 6.79 Å². The molecule has 2 heterocycles. The van der Waals surface area contributed by atoms with Crippen LogP contribution in [0.4, 0.5) is 0 Å². The monoisotopic (exact) mass is 274 g/mol. The Morgan fingerprint density at radius 2 is 2.16 bits per heavy atom. The van der Waals surface area contributed by atoms with Gasteiger partial charge in [0.1, 0.15) is 6.29 Å². The molecule has 1 aromatic heterocycles. The van der Waals surface area contributed by atoms with Crippen LogP contribution in [0.3, 0.4) is 0 Å². The van der Waals surface area contributed by atoms with Crippen molar-refractivity contribution in [2.24, 2.45) is 0 Å². The van der Waals surface area contributed by atoms with Gasteiger partial charge in [-0.3, -0.25) is 0 Å². The average Bonchev–Trinajstić information content (AvgIpc) is 3.09. The molecular formula is C15H14O3S. The average molecular weight is 274 g/mol. The van der Waals surface area contributed by atoms with E-state index in [1.165, 1.54) is 0 Å². The highest BCUT2D eigenvalue weighted by Crippen LogP contribution is 2.35. The van der Waals surface area contributed by atoms with Crippen LogP contribution in [0.15, 0.2) is 35.7 Å². The number of carbonyl (C=O) groups is 1. The van der Waals surface area contributed by atoms with E-state index in [9.17, 15) is 4.79 Å². The molecule has 0 amide bonds. The zero-order valence-electron chi connectivity index (χ0n) is 10.6. The third kappa shape index (κ3) is 2.24. The summed E-state index contributed by atoms with van der Waals surface area (Å²) in [5.41, 5.74) is 0.592. The Morgan fingerprint density at radius 3 is 2.89 bits per heavy atom. The topological polar surface area (TPSA) is 35.5 Å². The SMILES string of the molecule is CC(C=O)(Cc1ccc2c(c1)OCO2)c1cccs1. The second-order valence-electron chi connectivity index (χ2n) is 4.88. The van der Waals surface area contributed by atoms with Crippen molar-refractivity contribution < 1.29 is 14.3 Å². The summed E-state index contributed by atoms with van der Waals surface area (Å²) in [6.07, 6.45) is 1.69. The van der Waals surface area contributed by atoms with Gasteiger partial charge in [0.05, 0.1) is 5.41 Å². The van der Waals surface area contributed by atoms with Crippen molar-refractivity contribution in [3.63, 3.8) is 0 Å². The Balaban J connectivity index is 1.89. The summed E-state index contributed by atoms with van der Waals surface area (Å²) in [6, 6.07) is 9.82. The van der Waals surface area contributed by atoms with Crippen LogP contribution in [0.25, 0.3) is 0 Å². The lowest BCUT2D eigenvalue weighted by atomic mass is 9.83. The summed E-state index contributed by atoms with van der Waals surface area (Å²) >= 11 is 1.61. The second-order valence-corrected chi connectivity index (χ2v) is 5.82. The summed E-state index contributed by atoms with van der Waals surface area (Å²) in [7, 11) is 0. The van der Waals surface area contributed by atoms with Crippen molar-refractivity contribution >= 4 is 17.6 Å². The Labute approximate surface area is 115 Å². The van der Waals surface area contributed by atoms with Gasteiger partial charge < -0.3 is 14.3 Å². The van der Waals surface area contributed by atoms with Crippen molar-refractivity contribution in [2.45, 2.75) is 18.8 Å². The summed E-state index contributed by atoms with van der Waals surface area (Å²) in [6.45, 7) is 2.24. The molecule has 0 aliphatic carbocycles. The second kappa shape index (κ2) is 4.70. The van der Waals surface area contributed by atoms with Gasteiger partial charge in [0.2, 0.25) is 6.79 Å². The van der Waals surface area contributed by atoms with E-state index in [1.807, 2.05) is 42.6 Å². The van der Waals surface area contributed by atoms with E-state index in [-0.39, 0.29) is 6.79 Å². The lowest BCUT2D eigenvalue weighted by Gasteiger charge is -2.21. The Morgan fingerprint density at radius 1 is 1.32 bits per heavy atom. The molecule has 0 N–H and O–H groups in total. The number of fused-ring (bicyclic) bond motifs is 1. The van der Waals surface area contributed by atoms with Crippen molar-refractivity contribution in [1.82, 2.24) is 0 Å². The summed E-state index contributed by atoms with van der Waals surface area (Å²) in [4.78, 5) is 12.6. The molecule has 1 aliphatic heterocycles. The lowest BCUT2D eigenvalue weighted by Crippen LogP contribution is -2.25. The van der Waals surface area contributed by atoms with Gasteiger partial charge in [0.15, 0.2) is 11.5 Å². The summed E-state index contributed by atoms with van der Waals surface area (Å²) in [5, 5.41) is 2.00. The maximum atomic E-state index is 11.5. The highest BCUT2D eigenvalue weighted by Gasteiger charge is 2.28. The van der Waals surface area contributed by atoms with E-state index in [1.54, 1.807) is 11.3 Å². The normalized spacial score (nSPS) is 16.1. The van der Waals surface area contributed by atoms with Gasteiger partial charge in [-0.15, -0.1) is 11.3 Å². The number of benzene rings is 1. The molecular weight excluding hydrogens is 260 g/mol. The molecule has 0 bridgehead atoms. The van der Waals surface area contributed by atoms with Gasteiger partial charge in [0, 0.05) is 4.88 Å². The molecule has 0 radical (unpaired) electrons. The van der Waals surface area contributed by atoms with Crippen LogP contribution < -0.4 is 9.47 Å². The van der Waals surface area contributed by atoms with E-state index >= 15 is 0 Å². The van der Waals surface area contributed by atoms with Crippen LogP contribution in [0, 0.1) is 0 Å². The van der Waals surface area contributed by atoms with Gasteiger partial charge in [-0.2, -0.15) is 0 Å². The van der Waals surface area contributed by atoms with Crippen LogP contribution in [0.2, 0.25) is 0 Å². The zero-order valence-corrected chi connectivity index (χ0v) is 11.4. The molecule has 2 aromatic rings. The molecule has 0 saturated heterocycles. The minimum Gasteiger partial charge on any atom is -0.454 e. The Bertz CT molecular complexity index is 591. The minimum atomic E-state index is -0.484. The van der Waals surface area contributed by atoms with E-state index in [0.29, 0.717) is 6.42 Å². The van der Waals surface area contributed by atoms with E-state index < -0.39 is 5.41 Å². The number of rotatable bonds is 4. The quantitative estimate of drug-likeness (QED) is 0.803. The number of aldehydes is 1. The fourth-order valence-corrected chi connectivity index (χ4v) is 3.12. The molecule has 1 aliphatic rings. The van der Waals surface area contributed by atoms with Crippen molar-refractivity contribution in [3.8, 4) is 11.5 Å². The fourth-order valence-electron chi connectivity index (χ4n) is 2.27. The number of ether oxygens (including phenoxy) is 2. The van der Waals surface area contributed by atoms with Crippen LogP contribution in [0.1, 0.15) is 17.4 Å². The molecule has 1 aromatic carbocycles. The summed E-state index contributed by atoms with van der Waals surface area (Å²) in [5.74, 6) is 1.53. The highest BCUT2D eigenvalue weighted by molar-refractivity contribution is 7.10. The van der Waals surface area contributed by atoms with Crippen molar-refractivity contribution in [3.05, 3.63) is 46.2 Å². The van der Waals surface area contributed by atoms with Gasteiger partial charge in [-0.25, -0.2) is 0 Å². The molecule has 98 valence electrons. The Kier molecular flexibility index (Phi) is 3.03. The molecule has 0 fully saturated rings. The first kappa shape index (κ1) is 12.2. The number of carbonyl (C=O) groups excluding carboxylic acids is 1. The van der Waals surface area contributed by atoms with E-state index in [4.69, 9.17) is 9.47 Å². The minimum absolute atomic E-state index is 0.272. The van der Waals surface area contributed by atoms with Crippen molar-refractivity contribution in [1.29, 1.82) is 0 Å². The van der Waals surface area contributed by atoms with Crippen LogP contribution in [0.5, 0.6) is 11.5 Å². The molecule has 4 heteroatoms. The molecule has 0 saturated carbocycles. The predicted octanol–water partition coefficient (Wildman–Crippen LogP) is 3.18. The third-order valence-corrected chi connectivity index (χ3v) is 4.50. The maximum Gasteiger partial charge on any atom is 0.231 e. The van der Waals surface area contributed by atoms with Gasteiger partial charge in [0.25, 0.3) is 0 Å². The number of thiophene rings is 1. The van der Waals surface area contributed by atoms with Gasteiger partial charge in [-0.05, 0) is 42.5 Å². The smallest absolute Gasteiger partial charge is 0.231 e. The lowest BCUT2D eigenvalue weighted by molar-refractivity contribution is -0.112. The molecule has 0 spiro atoms. The predicted molar refractivity (Wildman–Crippen MR) is 74.0 cm³/mol. The largest absolute Gasteiger partial charge is 0.454 e. The molecule has 1 atom stereocenters. The maximum absolute atomic E-state index is 11.5. The Hall–Kier alpha value is -1.81. The standard InChI is InChI=1S/C15H14O3S/c1-15(9-16,14-3-2-6-19-14)8-11-4-5-12-13(7-11)18-10-17-12/h2-7,9H,8,10H2,1H3. The van der Waals surface area contributed by atoms with Crippen LogP contribution >= 0.6 is 11.3 Å². The fraction of sp³-hybridized carbons (Fsp3) is 0.267. The molecule has 3 rings (SSSR count). The zero-order chi connectivity index (χ0) is 13.3. The van der Waals surface area contributed by atoms with E-state index in [2.05, 4.69) is 0 Å². The molecule has 3 nitrogen and oxygen atoms in total. The first-order valence-corrected chi connectivity index (χ1v) is 6.98. The first-order chi connectivity index (χ1) is 9.21. The number of hydrogen-bond donors (Lipinski definition) is 0.